The fourth-order valence-electron chi connectivity index (χ4n) is 1.58. The number of hydrogen-bond donors (Lipinski definition) is 1. The van der Waals surface area contributed by atoms with Gasteiger partial charge >= 0.3 is 5.69 Å². The molecule has 1 N–H and O–H groups in total. The van der Waals surface area contributed by atoms with E-state index in [0.29, 0.717) is 10.6 Å². The molecule has 104 valence electrons. The van der Waals surface area contributed by atoms with Gasteiger partial charge in [0.1, 0.15) is 11.5 Å². The first-order chi connectivity index (χ1) is 9.51. The molecule has 0 saturated heterocycles. The molecule has 2 rings (SSSR count). The molecular weight excluding hydrogens is 289 g/mol. The quantitative estimate of drug-likeness (QED) is 0.690. The highest BCUT2D eigenvalue weighted by molar-refractivity contribution is 6.30. The van der Waals surface area contributed by atoms with E-state index >= 15 is 0 Å². The lowest BCUT2D eigenvalue weighted by atomic mass is 10.2. The lowest BCUT2D eigenvalue weighted by Crippen LogP contribution is -1.95. The van der Waals surface area contributed by atoms with E-state index in [1.54, 1.807) is 12.1 Å². The summed E-state index contributed by atoms with van der Waals surface area (Å²) in [5.74, 6) is -0.668. The monoisotopic (exact) mass is 297 g/mol. The summed E-state index contributed by atoms with van der Waals surface area (Å²) in [4.78, 5) is 9.69. The zero-order valence-corrected chi connectivity index (χ0v) is 10.8. The molecule has 0 amide bonds. The highest BCUT2D eigenvalue weighted by Gasteiger charge is 2.15. The SMILES string of the molecule is O=[N+]([O-])c1ccc(Oc2cc(Cl)ccc2CO)cc1F. The van der Waals surface area contributed by atoms with E-state index in [4.69, 9.17) is 16.3 Å². The van der Waals surface area contributed by atoms with Crippen LogP contribution in [0, 0.1) is 15.9 Å². The molecule has 0 bridgehead atoms. The predicted molar refractivity (Wildman–Crippen MR) is 70.5 cm³/mol. The van der Waals surface area contributed by atoms with Crippen molar-refractivity contribution >= 4 is 17.3 Å². The Balaban J connectivity index is 2.33. The van der Waals surface area contributed by atoms with Crippen LogP contribution in [0.5, 0.6) is 11.5 Å². The summed E-state index contributed by atoms with van der Waals surface area (Å²) >= 11 is 5.81. The molecule has 0 radical (unpaired) electrons. The Morgan fingerprint density at radius 3 is 2.65 bits per heavy atom. The van der Waals surface area contributed by atoms with Gasteiger partial charge in [-0.3, -0.25) is 10.1 Å². The highest BCUT2D eigenvalue weighted by Crippen LogP contribution is 2.30. The van der Waals surface area contributed by atoms with Gasteiger partial charge in [-0.15, -0.1) is 0 Å². The Morgan fingerprint density at radius 2 is 2.05 bits per heavy atom. The first-order valence-electron chi connectivity index (χ1n) is 5.52. The third-order valence-electron chi connectivity index (χ3n) is 2.54. The first kappa shape index (κ1) is 14.2. The predicted octanol–water partition coefficient (Wildman–Crippen LogP) is 3.67. The molecule has 5 nitrogen and oxygen atoms in total. The largest absolute Gasteiger partial charge is 0.457 e. The van der Waals surface area contributed by atoms with E-state index in [1.807, 2.05) is 0 Å². The number of halogens is 2. The summed E-state index contributed by atoms with van der Waals surface area (Å²) < 4.78 is 18.9. The fraction of sp³-hybridized carbons (Fsp3) is 0.0769. The number of aliphatic hydroxyl groups is 1. The van der Waals surface area contributed by atoms with E-state index in [9.17, 15) is 19.6 Å². The molecule has 0 saturated carbocycles. The normalized spacial score (nSPS) is 10.3. The summed E-state index contributed by atoms with van der Waals surface area (Å²) in [6.07, 6.45) is 0. The minimum atomic E-state index is -1.000. The number of ether oxygens (including phenoxy) is 1. The topological polar surface area (TPSA) is 72.6 Å². The molecule has 0 heterocycles. The Kier molecular flexibility index (Phi) is 4.16. The van der Waals surface area contributed by atoms with Gasteiger partial charge in [0.15, 0.2) is 0 Å². The third-order valence-corrected chi connectivity index (χ3v) is 2.78. The van der Waals surface area contributed by atoms with Crippen molar-refractivity contribution in [2.24, 2.45) is 0 Å². The Bertz CT molecular complexity index is 663. The second-order valence-electron chi connectivity index (χ2n) is 3.88. The van der Waals surface area contributed by atoms with E-state index in [1.165, 1.54) is 12.1 Å². The molecule has 0 aliphatic carbocycles. The summed E-state index contributed by atoms with van der Waals surface area (Å²) in [7, 11) is 0. The van der Waals surface area contributed by atoms with Crippen molar-refractivity contribution in [3.8, 4) is 11.5 Å². The maximum atomic E-state index is 13.5. The summed E-state index contributed by atoms with van der Waals surface area (Å²) in [6, 6.07) is 7.79. The molecule has 0 fully saturated rings. The second-order valence-corrected chi connectivity index (χ2v) is 4.32. The Hall–Kier alpha value is -2.18. The van der Waals surface area contributed by atoms with E-state index in [-0.39, 0.29) is 18.1 Å². The molecule has 2 aromatic rings. The minimum Gasteiger partial charge on any atom is -0.457 e. The molecule has 0 atom stereocenters. The molecule has 0 aliphatic heterocycles. The second kappa shape index (κ2) is 5.85. The molecule has 0 unspecified atom stereocenters. The van der Waals surface area contributed by atoms with Gasteiger partial charge in [0.05, 0.1) is 11.5 Å². The van der Waals surface area contributed by atoms with Crippen LogP contribution >= 0.6 is 11.6 Å². The molecule has 0 aliphatic rings. The third kappa shape index (κ3) is 3.04. The van der Waals surface area contributed by atoms with Crippen LogP contribution in [0.15, 0.2) is 36.4 Å². The number of benzene rings is 2. The number of rotatable bonds is 4. The van der Waals surface area contributed by atoms with Crippen LogP contribution in [0.2, 0.25) is 5.02 Å². The van der Waals surface area contributed by atoms with Gasteiger partial charge in [-0.1, -0.05) is 17.7 Å². The minimum absolute atomic E-state index is 0.0741. The Labute approximate surface area is 118 Å². The van der Waals surface area contributed by atoms with Crippen LogP contribution in [0.3, 0.4) is 0 Å². The van der Waals surface area contributed by atoms with E-state index < -0.39 is 16.4 Å². The van der Waals surface area contributed by atoms with Crippen molar-refractivity contribution in [1.82, 2.24) is 0 Å². The lowest BCUT2D eigenvalue weighted by Gasteiger charge is -2.10. The number of nitrogens with zero attached hydrogens (tertiary/aromatic N) is 1. The van der Waals surface area contributed by atoms with Gasteiger partial charge in [0.2, 0.25) is 5.82 Å². The van der Waals surface area contributed by atoms with Gasteiger partial charge in [-0.2, -0.15) is 4.39 Å². The average molecular weight is 298 g/mol. The molecule has 7 heteroatoms. The van der Waals surface area contributed by atoms with Crippen LogP contribution in [0.25, 0.3) is 0 Å². The highest BCUT2D eigenvalue weighted by atomic mass is 35.5. The van der Waals surface area contributed by atoms with Crippen LogP contribution in [-0.2, 0) is 6.61 Å². The van der Waals surface area contributed by atoms with E-state index in [0.717, 1.165) is 12.1 Å². The average Bonchev–Trinajstić information content (AvgIpc) is 2.38. The van der Waals surface area contributed by atoms with Crippen molar-refractivity contribution in [3.63, 3.8) is 0 Å². The van der Waals surface area contributed by atoms with E-state index in [2.05, 4.69) is 0 Å². The molecular formula is C13H9ClFNO4. The van der Waals surface area contributed by atoms with Gasteiger partial charge in [-0.05, 0) is 18.2 Å². The zero-order valence-electron chi connectivity index (χ0n) is 10.0. The molecule has 0 spiro atoms. The molecule has 2 aromatic carbocycles. The van der Waals surface area contributed by atoms with Crippen molar-refractivity contribution in [1.29, 1.82) is 0 Å². The van der Waals surface area contributed by atoms with Gasteiger partial charge < -0.3 is 9.84 Å². The van der Waals surface area contributed by atoms with Crippen LogP contribution < -0.4 is 4.74 Å². The van der Waals surface area contributed by atoms with Crippen molar-refractivity contribution < 1.29 is 19.2 Å². The van der Waals surface area contributed by atoms with Crippen LogP contribution in [0.1, 0.15) is 5.56 Å². The number of nitro groups is 1. The van der Waals surface area contributed by atoms with Crippen molar-refractivity contribution in [2.45, 2.75) is 6.61 Å². The lowest BCUT2D eigenvalue weighted by molar-refractivity contribution is -0.387. The Morgan fingerprint density at radius 1 is 1.30 bits per heavy atom. The van der Waals surface area contributed by atoms with Gasteiger partial charge in [-0.25, -0.2) is 0 Å². The van der Waals surface area contributed by atoms with Crippen LogP contribution in [0.4, 0.5) is 10.1 Å². The van der Waals surface area contributed by atoms with Gasteiger partial charge in [0, 0.05) is 22.7 Å². The maximum absolute atomic E-state index is 13.5. The summed E-state index contributed by atoms with van der Waals surface area (Å²) in [5.41, 5.74) is -0.168. The first-order valence-corrected chi connectivity index (χ1v) is 5.90. The van der Waals surface area contributed by atoms with Crippen molar-refractivity contribution in [2.75, 3.05) is 0 Å². The zero-order chi connectivity index (χ0) is 14.7. The molecule has 0 aromatic heterocycles. The standard InChI is InChI=1S/C13H9ClFNO4/c14-9-2-1-8(7-17)13(5-9)20-10-3-4-12(16(18)19)11(15)6-10/h1-6,17H,7H2. The number of aliphatic hydroxyl groups excluding tert-OH is 1. The number of hydrogen-bond acceptors (Lipinski definition) is 4. The van der Waals surface area contributed by atoms with Gasteiger partial charge in [0.25, 0.3) is 0 Å². The summed E-state index contributed by atoms with van der Waals surface area (Å²) in [5, 5.41) is 20.1. The fourth-order valence-corrected chi connectivity index (χ4v) is 1.74. The summed E-state index contributed by atoms with van der Waals surface area (Å²) in [6.45, 7) is -0.276. The van der Waals surface area contributed by atoms with Crippen molar-refractivity contribution in [3.05, 3.63) is 62.9 Å². The molecule has 20 heavy (non-hydrogen) atoms. The van der Waals surface area contributed by atoms with Crippen LogP contribution in [-0.4, -0.2) is 10.0 Å². The maximum Gasteiger partial charge on any atom is 0.305 e. The smallest absolute Gasteiger partial charge is 0.305 e. The number of nitro benzene ring substituents is 1.